The Bertz CT molecular complexity index is 232. The van der Waals surface area contributed by atoms with Gasteiger partial charge in [0.25, 0.3) is 0 Å². The van der Waals surface area contributed by atoms with E-state index in [1.54, 1.807) is 0 Å². The number of nitrogens with one attached hydrogen (secondary N) is 2. The van der Waals surface area contributed by atoms with Crippen molar-refractivity contribution >= 4 is 5.91 Å². The van der Waals surface area contributed by atoms with E-state index in [1.165, 1.54) is 0 Å². The molecule has 0 aromatic carbocycles. The van der Waals surface area contributed by atoms with Crippen molar-refractivity contribution in [2.24, 2.45) is 5.92 Å². The standard InChI is InChI=1S/C12H25N3O/c1-12(2,15(3)4)9-14-11(16)10-6-5-7-13-8-10/h10,13H,5-9H2,1-4H3,(H,14,16)/t10-/m1/s1. The van der Waals surface area contributed by atoms with E-state index in [0.717, 1.165) is 25.9 Å². The van der Waals surface area contributed by atoms with Crippen molar-refractivity contribution in [3.8, 4) is 0 Å². The highest BCUT2D eigenvalue weighted by Gasteiger charge is 2.25. The first-order valence-electron chi connectivity index (χ1n) is 6.09. The summed E-state index contributed by atoms with van der Waals surface area (Å²) in [6.07, 6.45) is 2.12. The van der Waals surface area contributed by atoms with Gasteiger partial charge in [-0.2, -0.15) is 0 Å². The highest BCUT2D eigenvalue weighted by Crippen LogP contribution is 2.12. The van der Waals surface area contributed by atoms with Gasteiger partial charge >= 0.3 is 0 Å². The fourth-order valence-corrected chi connectivity index (χ4v) is 1.68. The lowest BCUT2D eigenvalue weighted by Gasteiger charge is -2.33. The first kappa shape index (κ1) is 13.5. The predicted molar refractivity (Wildman–Crippen MR) is 66.4 cm³/mol. The summed E-state index contributed by atoms with van der Waals surface area (Å²) < 4.78 is 0. The van der Waals surface area contributed by atoms with E-state index in [4.69, 9.17) is 0 Å². The molecule has 94 valence electrons. The molecule has 0 aromatic heterocycles. The number of hydrogen-bond acceptors (Lipinski definition) is 3. The SMILES string of the molecule is CN(C)C(C)(C)CNC(=O)[C@@H]1CCCNC1. The summed E-state index contributed by atoms with van der Waals surface area (Å²) >= 11 is 0. The zero-order valence-corrected chi connectivity index (χ0v) is 11.0. The molecule has 16 heavy (non-hydrogen) atoms. The number of hydrogen-bond donors (Lipinski definition) is 2. The molecular formula is C12H25N3O. The van der Waals surface area contributed by atoms with E-state index in [-0.39, 0.29) is 17.4 Å². The molecule has 0 bridgehead atoms. The normalized spacial score (nSPS) is 22.2. The Morgan fingerprint density at radius 2 is 2.19 bits per heavy atom. The lowest BCUT2D eigenvalue weighted by atomic mass is 9.98. The van der Waals surface area contributed by atoms with E-state index in [9.17, 15) is 4.79 Å². The van der Waals surface area contributed by atoms with E-state index in [2.05, 4.69) is 29.4 Å². The molecule has 1 aliphatic heterocycles. The summed E-state index contributed by atoms with van der Waals surface area (Å²) in [6.45, 7) is 6.84. The first-order valence-corrected chi connectivity index (χ1v) is 6.09. The Kier molecular flexibility index (Phi) is 4.74. The van der Waals surface area contributed by atoms with Crippen molar-refractivity contribution in [1.29, 1.82) is 0 Å². The zero-order valence-electron chi connectivity index (χ0n) is 11.0. The topological polar surface area (TPSA) is 44.4 Å². The van der Waals surface area contributed by atoms with Crippen molar-refractivity contribution in [3.63, 3.8) is 0 Å². The molecule has 1 rings (SSSR count). The number of rotatable bonds is 4. The maximum atomic E-state index is 11.9. The van der Waals surface area contributed by atoms with Gasteiger partial charge in [-0.15, -0.1) is 0 Å². The van der Waals surface area contributed by atoms with Crippen LogP contribution in [0.3, 0.4) is 0 Å². The van der Waals surface area contributed by atoms with Gasteiger partial charge in [0, 0.05) is 18.6 Å². The Labute approximate surface area is 98.8 Å². The number of nitrogens with zero attached hydrogens (tertiary/aromatic N) is 1. The van der Waals surface area contributed by atoms with Gasteiger partial charge in [0.1, 0.15) is 0 Å². The van der Waals surface area contributed by atoms with Crippen LogP contribution < -0.4 is 10.6 Å². The Morgan fingerprint density at radius 3 is 2.69 bits per heavy atom. The minimum Gasteiger partial charge on any atom is -0.354 e. The fraction of sp³-hybridized carbons (Fsp3) is 0.917. The molecule has 2 N–H and O–H groups in total. The van der Waals surface area contributed by atoms with Crippen LogP contribution in [-0.2, 0) is 4.79 Å². The van der Waals surface area contributed by atoms with Gasteiger partial charge in [0.05, 0.1) is 5.92 Å². The highest BCUT2D eigenvalue weighted by molar-refractivity contribution is 5.79. The average Bonchev–Trinajstić information content (AvgIpc) is 2.27. The summed E-state index contributed by atoms with van der Waals surface area (Å²) in [6, 6.07) is 0. The molecule has 1 amide bonds. The van der Waals surface area contributed by atoms with Crippen molar-refractivity contribution < 1.29 is 4.79 Å². The summed E-state index contributed by atoms with van der Waals surface area (Å²) in [5, 5.41) is 6.32. The van der Waals surface area contributed by atoms with Crippen LogP contribution in [0.5, 0.6) is 0 Å². The van der Waals surface area contributed by atoms with Crippen LogP contribution in [0.2, 0.25) is 0 Å². The second-order valence-electron chi connectivity index (χ2n) is 5.47. The van der Waals surface area contributed by atoms with Gasteiger partial charge in [-0.1, -0.05) is 0 Å². The molecule has 1 heterocycles. The number of amides is 1. The molecular weight excluding hydrogens is 202 g/mol. The predicted octanol–water partition coefficient (Wildman–Crippen LogP) is 0.442. The quantitative estimate of drug-likeness (QED) is 0.732. The van der Waals surface area contributed by atoms with Gasteiger partial charge < -0.3 is 15.5 Å². The van der Waals surface area contributed by atoms with Gasteiger partial charge in [-0.3, -0.25) is 4.79 Å². The van der Waals surface area contributed by atoms with Gasteiger partial charge in [0.15, 0.2) is 0 Å². The molecule has 0 aliphatic carbocycles. The highest BCUT2D eigenvalue weighted by atomic mass is 16.1. The van der Waals surface area contributed by atoms with Crippen LogP contribution in [0.1, 0.15) is 26.7 Å². The minimum absolute atomic E-state index is 0.0117. The number of carbonyl (C=O) groups excluding carboxylic acids is 1. The molecule has 4 nitrogen and oxygen atoms in total. The maximum absolute atomic E-state index is 11.9. The molecule has 1 saturated heterocycles. The van der Waals surface area contributed by atoms with Crippen LogP contribution in [0.4, 0.5) is 0 Å². The van der Waals surface area contributed by atoms with Crippen molar-refractivity contribution in [2.75, 3.05) is 33.7 Å². The van der Waals surface area contributed by atoms with Crippen molar-refractivity contribution in [1.82, 2.24) is 15.5 Å². The summed E-state index contributed by atoms with van der Waals surface area (Å²) in [7, 11) is 4.07. The van der Waals surface area contributed by atoms with Gasteiger partial charge in [0.2, 0.25) is 5.91 Å². The second-order valence-corrected chi connectivity index (χ2v) is 5.47. The van der Waals surface area contributed by atoms with E-state index < -0.39 is 0 Å². The first-order chi connectivity index (χ1) is 7.43. The third-order valence-corrected chi connectivity index (χ3v) is 3.57. The zero-order chi connectivity index (χ0) is 12.2. The van der Waals surface area contributed by atoms with Crippen LogP contribution in [0, 0.1) is 5.92 Å². The number of piperidine rings is 1. The number of likely N-dealkylation sites (N-methyl/N-ethyl adjacent to an activating group) is 1. The maximum Gasteiger partial charge on any atom is 0.224 e. The molecule has 0 radical (unpaired) electrons. The fourth-order valence-electron chi connectivity index (χ4n) is 1.68. The summed E-state index contributed by atoms with van der Waals surface area (Å²) in [5.74, 6) is 0.355. The molecule has 0 saturated carbocycles. The number of carbonyl (C=O) groups is 1. The molecule has 1 aliphatic rings. The largest absolute Gasteiger partial charge is 0.354 e. The Hall–Kier alpha value is -0.610. The van der Waals surface area contributed by atoms with E-state index >= 15 is 0 Å². The van der Waals surface area contributed by atoms with Crippen LogP contribution in [-0.4, -0.2) is 50.1 Å². The van der Waals surface area contributed by atoms with E-state index in [0.29, 0.717) is 6.54 Å². The van der Waals surface area contributed by atoms with Crippen molar-refractivity contribution in [2.45, 2.75) is 32.2 Å². The summed E-state index contributed by atoms with van der Waals surface area (Å²) in [4.78, 5) is 14.0. The molecule has 0 unspecified atom stereocenters. The van der Waals surface area contributed by atoms with Crippen LogP contribution >= 0.6 is 0 Å². The van der Waals surface area contributed by atoms with Gasteiger partial charge in [-0.05, 0) is 47.3 Å². The molecule has 0 aromatic rings. The van der Waals surface area contributed by atoms with Crippen LogP contribution in [0.15, 0.2) is 0 Å². The lowest BCUT2D eigenvalue weighted by molar-refractivity contribution is -0.126. The van der Waals surface area contributed by atoms with Crippen LogP contribution in [0.25, 0.3) is 0 Å². The smallest absolute Gasteiger partial charge is 0.224 e. The molecule has 4 heteroatoms. The molecule has 1 atom stereocenters. The molecule has 0 spiro atoms. The Morgan fingerprint density at radius 1 is 1.50 bits per heavy atom. The van der Waals surface area contributed by atoms with Gasteiger partial charge in [-0.25, -0.2) is 0 Å². The summed E-state index contributed by atoms with van der Waals surface area (Å²) in [5.41, 5.74) is 0.0117. The third kappa shape index (κ3) is 3.76. The average molecular weight is 227 g/mol. The third-order valence-electron chi connectivity index (χ3n) is 3.57. The second kappa shape index (κ2) is 5.64. The van der Waals surface area contributed by atoms with E-state index in [1.807, 2.05) is 14.1 Å². The lowest BCUT2D eigenvalue weighted by Crippen LogP contribution is -2.50. The molecule has 1 fully saturated rings. The Balaban J connectivity index is 2.34. The monoisotopic (exact) mass is 227 g/mol. The van der Waals surface area contributed by atoms with Crippen molar-refractivity contribution in [3.05, 3.63) is 0 Å². The minimum atomic E-state index is 0.0117.